The lowest BCUT2D eigenvalue weighted by Crippen LogP contribution is -2.41. The zero-order valence-electron chi connectivity index (χ0n) is 16.4. The van der Waals surface area contributed by atoms with Crippen molar-refractivity contribution in [3.05, 3.63) is 17.8 Å². The van der Waals surface area contributed by atoms with Crippen LogP contribution < -0.4 is 10.6 Å². The molecular weight excluding hydrogens is 433 g/mol. The van der Waals surface area contributed by atoms with Gasteiger partial charge in [-0.3, -0.25) is 0 Å². The Hall–Kier alpha value is -0.870. The molecule has 1 heterocycles. The van der Waals surface area contributed by atoms with Gasteiger partial charge in [0.05, 0.1) is 12.8 Å². The predicted molar refractivity (Wildman–Crippen MR) is 113 cm³/mol. The normalized spacial score (nSPS) is 12.2. The first-order valence-electron chi connectivity index (χ1n) is 8.51. The molecule has 2 N–H and O–H groups in total. The number of hydrogen-bond acceptors (Lipinski definition) is 5. The minimum absolute atomic E-state index is 0. The van der Waals surface area contributed by atoms with Gasteiger partial charge in [0.1, 0.15) is 12.3 Å². The van der Waals surface area contributed by atoms with Crippen molar-refractivity contribution in [2.24, 2.45) is 4.99 Å². The molecule has 0 aromatic carbocycles. The molecule has 1 aromatic rings. The van der Waals surface area contributed by atoms with Crippen molar-refractivity contribution in [2.45, 2.75) is 39.7 Å². The third-order valence-electron chi connectivity index (χ3n) is 3.47. The average Bonchev–Trinajstić information content (AvgIpc) is 2.99. The van der Waals surface area contributed by atoms with Gasteiger partial charge in [0.2, 0.25) is 5.89 Å². The molecule has 0 aliphatic carbocycles. The number of ether oxygens (including phenoxy) is 1. The first-order valence-corrected chi connectivity index (χ1v) is 8.51. The van der Waals surface area contributed by atoms with E-state index in [2.05, 4.69) is 53.3 Å². The Morgan fingerprint density at radius 3 is 2.60 bits per heavy atom. The molecule has 0 bridgehead atoms. The molecule has 0 aliphatic heterocycles. The van der Waals surface area contributed by atoms with E-state index in [1.54, 1.807) is 13.3 Å². The number of likely N-dealkylation sites (N-methyl/N-ethyl adjacent to an activating group) is 1. The van der Waals surface area contributed by atoms with Crippen LogP contribution >= 0.6 is 24.0 Å². The number of hydrogen-bond donors (Lipinski definition) is 2. The van der Waals surface area contributed by atoms with Crippen LogP contribution in [0.1, 0.15) is 39.3 Å². The summed E-state index contributed by atoms with van der Waals surface area (Å²) in [5.74, 6) is 2.29. The zero-order valence-corrected chi connectivity index (χ0v) is 18.7. The fourth-order valence-corrected chi connectivity index (χ4v) is 1.94. The summed E-state index contributed by atoms with van der Waals surface area (Å²) in [6, 6.07) is 0. The van der Waals surface area contributed by atoms with Crippen LogP contribution in [0, 0.1) is 0 Å². The molecule has 7 nitrogen and oxygen atoms in total. The highest BCUT2D eigenvalue weighted by Crippen LogP contribution is 2.22. The predicted octanol–water partition coefficient (Wildman–Crippen LogP) is 2.22. The Balaban J connectivity index is 0.00000576. The van der Waals surface area contributed by atoms with E-state index in [4.69, 9.17) is 9.15 Å². The second-order valence-corrected chi connectivity index (χ2v) is 6.79. The summed E-state index contributed by atoms with van der Waals surface area (Å²) in [6.07, 6.45) is 1.79. The second-order valence-electron chi connectivity index (χ2n) is 6.79. The molecule has 25 heavy (non-hydrogen) atoms. The van der Waals surface area contributed by atoms with Crippen molar-refractivity contribution in [1.82, 2.24) is 20.5 Å². The lowest BCUT2D eigenvalue weighted by molar-refractivity contribution is 0.162. The molecule has 0 spiro atoms. The smallest absolute Gasteiger partial charge is 0.216 e. The van der Waals surface area contributed by atoms with Crippen LogP contribution in [0.4, 0.5) is 0 Å². The van der Waals surface area contributed by atoms with Crippen molar-refractivity contribution >= 4 is 29.9 Å². The second kappa shape index (κ2) is 12.5. The van der Waals surface area contributed by atoms with Gasteiger partial charge in [0, 0.05) is 38.7 Å². The third kappa shape index (κ3) is 10.0. The van der Waals surface area contributed by atoms with Crippen molar-refractivity contribution in [1.29, 1.82) is 0 Å². The number of rotatable bonds is 9. The SMILES string of the molecule is CCNC(=NCc1ncc(C(C)(C)C)o1)NCCN(C)CCOC.I. The fraction of sp³-hybridized carbons (Fsp3) is 0.765. The van der Waals surface area contributed by atoms with Crippen LogP contribution in [-0.2, 0) is 16.7 Å². The summed E-state index contributed by atoms with van der Waals surface area (Å²) in [5, 5.41) is 6.56. The number of halogens is 1. The van der Waals surface area contributed by atoms with Crippen LogP contribution in [-0.4, -0.2) is 62.8 Å². The highest BCUT2D eigenvalue weighted by Gasteiger charge is 2.18. The summed E-state index contributed by atoms with van der Waals surface area (Å²) < 4.78 is 10.8. The van der Waals surface area contributed by atoms with Gasteiger partial charge in [-0.25, -0.2) is 9.98 Å². The van der Waals surface area contributed by atoms with Crippen molar-refractivity contribution < 1.29 is 9.15 Å². The van der Waals surface area contributed by atoms with E-state index in [-0.39, 0.29) is 29.4 Å². The molecule has 146 valence electrons. The van der Waals surface area contributed by atoms with E-state index in [1.807, 2.05) is 6.92 Å². The maximum atomic E-state index is 5.77. The van der Waals surface area contributed by atoms with E-state index >= 15 is 0 Å². The summed E-state index contributed by atoms with van der Waals surface area (Å²) in [5.41, 5.74) is -0.0372. The van der Waals surface area contributed by atoms with Crippen LogP contribution in [0.15, 0.2) is 15.6 Å². The van der Waals surface area contributed by atoms with Gasteiger partial charge in [0.15, 0.2) is 5.96 Å². The third-order valence-corrected chi connectivity index (χ3v) is 3.47. The molecule has 0 aliphatic rings. The Labute approximate surface area is 169 Å². The number of aromatic nitrogens is 1. The molecule has 0 amide bonds. The maximum absolute atomic E-state index is 5.77. The van der Waals surface area contributed by atoms with Crippen LogP contribution in [0.5, 0.6) is 0 Å². The summed E-state index contributed by atoms with van der Waals surface area (Å²) in [4.78, 5) is 11.1. The molecule has 1 aromatic heterocycles. The largest absolute Gasteiger partial charge is 0.443 e. The lowest BCUT2D eigenvalue weighted by Gasteiger charge is -2.17. The van der Waals surface area contributed by atoms with Gasteiger partial charge in [-0.2, -0.15) is 0 Å². The molecule has 0 saturated heterocycles. The Kier molecular flexibility index (Phi) is 12.0. The molecule has 0 radical (unpaired) electrons. The number of aliphatic imine (C=N–C) groups is 1. The summed E-state index contributed by atoms with van der Waals surface area (Å²) >= 11 is 0. The standard InChI is InChI=1S/C17H33N5O2.HI/c1-7-18-16(19-8-9-22(5)10-11-23-6)21-13-15-20-12-14(24-15)17(2,3)4;/h12H,7-11,13H2,1-6H3,(H2,18,19,21);1H. The van der Waals surface area contributed by atoms with E-state index in [1.165, 1.54) is 0 Å². The number of oxazole rings is 1. The number of nitrogens with zero attached hydrogens (tertiary/aromatic N) is 3. The molecule has 0 atom stereocenters. The van der Waals surface area contributed by atoms with Crippen LogP contribution in [0.3, 0.4) is 0 Å². The molecular formula is C17H34IN5O2. The first-order chi connectivity index (χ1) is 11.4. The molecule has 0 saturated carbocycles. The summed E-state index contributed by atoms with van der Waals surface area (Å²) in [6.45, 7) is 13.0. The van der Waals surface area contributed by atoms with Gasteiger partial charge in [-0.15, -0.1) is 24.0 Å². The molecule has 0 unspecified atom stereocenters. The zero-order chi connectivity index (χ0) is 18.0. The number of nitrogens with one attached hydrogen (secondary N) is 2. The van der Waals surface area contributed by atoms with E-state index < -0.39 is 0 Å². The number of guanidine groups is 1. The van der Waals surface area contributed by atoms with Gasteiger partial charge >= 0.3 is 0 Å². The van der Waals surface area contributed by atoms with E-state index in [9.17, 15) is 0 Å². The Morgan fingerprint density at radius 2 is 2.04 bits per heavy atom. The molecule has 0 fully saturated rings. The summed E-state index contributed by atoms with van der Waals surface area (Å²) in [7, 11) is 3.79. The van der Waals surface area contributed by atoms with Crippen LogP contribution in [0.2, 0.25) is 0 Å². The quantitative estimate of drug-likeness (QED) is 0.330. The van der Waals surface area contributed by atoms with Crippen molar-refractivity contribution in [3.63, 3.8) is 0 Å². The van der Waals surface area contributed by atoms with Gasteiger partial charge in [0.25, 0.3) is 0 Å². The maximum Gasteiger partial charge on any atom is 0.216 e. The molecule has 1 rings (SSSR count). The van der Waals surface area contributed by atoms with Crippen molar-refractivity contribution in [2.75, 3.05) is 46.9 Å². The topological polar surface area (TPSA) is 74.9 Å². The highest BCUT2D eigenvalue weighted by atomic mass is 127. The van der Waals surface area contributed by atoms with E-state index in [0.717, 1.165) is 44.5 Å². The Morgan fingerprint density at radius 1 is 1.32 bits per heavy atom. The minimum atomic E-state index is -0.0372. The van der Waals surface area contributed by atoms with E-state index in [0.29, 0.717) is 12.4 Å². The van der Waals surface area contributed by atoms with Crippen LogP contribution in [0.25, 0.3) is 0 Å². The highest BCUT2D eigenvalue weighted by molar-refractivity contribution is 14.0. The fourth-order valence-electron chi connectivity index (χ4n) is 1.94. The molecule has 8 heteroatoms. The Bertz CT molecular complexity index is 499. The van der Waals surface area contributed by atoms with Crippen molar-refractivity contribution in [3.8, 4) is 0 Å². The first kappa shape index (κ1) is 24.1. The monoisotopic (exact) mass is 467 g/mol. The minimum Gasteiger partial charge on any atom is -0.443 e. The van der Waals surface area contributed by atoms with Gasteiger partial charge in [-0.1, -0.05) is 20.8 Å². The average molecular weight is 467 g/mol. The number of methoxy groups -OCH3 is 1. The lowest BCUT2D eigenvalue weighted by atomic mass is 9.94. The van der Waals surface area contributed by atoms with Gasteiger partial charge in [-0.05, 0) is 14.0 Å². The van der Waals surface area contributed by atoms with Gasteiger partial charge < -0.3 is 24.7 Å².